The van der Waals surface area contributed by atoms with Gasteiger partial charge in [0.05, 0.1) is 28.9 Å². The summed E-state index contributed by atoms with van der Waals surface area (Å²) in [4.78, 5) is 16.2. The Labute approximate surface area is 148 Å². The molecule has 0 aliphatic heterocycles. The number of rotatable bonds is 5. The fraction of sp³-hybridized carbons (Fsp3) is 0.118. The van der Waals surface area contributed by atoms with Crippen LogP contribution >= 0.6 is 11.6 Å². The maximum absolute atomic E-state index is 12.0. The van der Waals surface area contributed by atoms with Crippen molar-refractivity contribution in [1.82, 2.24) is 10.1 Å². The number of nitrogen functional groups attached to an aromatic ring is 1. The Morgan fingerprint density at radius 2 is 2.08 bits per heavy atom. The lowest BCUT2D eigenvalue weighted by Gasteiger charge is -2.04. The molecule has 1 heterocycles. The highest BCUT2D eigenvalue weighted by atomic mass is 35.5. The molecule has 25 heavy (non-hydrogen) atoms. The molecule has 0 unspecified atom stereocenters. The quantitative estimate of drug-likeness (QED) is 0.550. The zero-order valence-corrected chi connectivity index (χ0v) is 14.0. The first-order valence-corrected chi connectivity index (χ1v) is 7.64. The van der Waals surface area contributed by atoms with Crippen LogP contribution in [-0.2, 0) is 11.3 Å². The lowest BCUT2D eigenvalue weighted by molar-refractivity contribution is 0.0430. The predicted octanol–water partition coefficient (Wildman–Crippen LogP) is 3.34. The first kappa shape index (κ1) is 16.8. The fourth-order valence-corrected chi connectivity index (χ4v) is 2.25. The zero-order valence-electron chi connectivity index (χ0n) is 13.2. The lowest BCUT2D eigenvalue weighted by atomic mass is 10.2. The molecule has 0 amide bonds. The van der Waals surface area contributed by atoms with Gasteiger partial charge in [-0.2, -0.15) is 4.98 Å². The molecule has 0 fully saturated rings. The van der Waals surface area contributed by atoms with Gasteiger partial charge in [0.25, 0.3) is 5.89 Å². The predicted molar refractivity (Wildman–Crippen MR) is 91.3 cm³/mol. The van der Waals surface area contributed by atoms with Crippen LogP contribution < -0.4 is 10.5 Å². The molecule has 0 aliphatic carbocycles. The van der Waals surface area contributed by atoms with Crippen molar-refractivity contribution in [2.75, 3.05) is 12.8 Å². The van der Waals surface area contributed by atoms with E-state index in [1.165, 1.54) is 18.2 Å². The second-order valence-corrected chi connectivity index (χ2v) is 5.43. The summed E-state index contributed by atoms with van der Waals surface area (Å²) in [6.45, 7) is -0.163. The van der Waals surface area contributed by atoms with Gasteiger partial charge in [0.2, 0.25) is 5.82 Å². The third-order valence-corrected chi connectivity index (χ3v) is 3.72. The lowest BCUT2D eigenvalue weighted by Crippen LogP contribution is -2.06. The van der Waals surface area contributed by atoms with E-state index < -0.39 is 5.97 Å². The van der Waals surface area contributed by atoms with Gasteiger partial charge in [-0.3, -0.25) is 0 Å². The van der Waals surface area contributed by atoms with Crippen molar-refractivity contribution in [3.8, 4) is 17.1 Å². The van der Waals surface area contributed by atoms with E-state index in [0.29, 0.717) is 27.8 Å². The third kappa shape index (κ3) is 3.72. The number of nitrogens with zero attached hydrogens (tertiary/aromatic N) is 2. The number of para-hydroxylation sites is 1. The SMILES string of the molecule is COc1ccccc1-c1noc(COC(=O)c2ccc(Cl)c(N)c2)n1. The van der Waals surface area contributed by atoms with Crippen LogP contribution in [0.2, 0.25) is 5.02 Å². The molecule has 0 aliphatic rings. The largest absolute Gasteiger partial charge is 0.496 e. The van der Waals surface area contributed by atoms with E-state index >= 15 is 0 Å². The molecule has 128 valence electrons. The molecular formula is C17H14ClN3O4. The Balaban J connectivity index is 1.69. The smallest absolute Gasteiger partial charge is 0.338 e. The Morgan fingerprint density at radius 3 is 2.84 bits per heavy atom. The molecule has 0 saturated carbocycles. The van der Waals surface area contributed by atoms with Gasteiger partial charge in [-0.15, -0.1) is 0 Å². The van der Waals surface area contributed by atoms with E-state index in [1.54, 1.807) is 19.2 Å². The van der Waals surface area contributed by atoms with Crippen molar-refractivity contribution in [2.24, 2.45) is 0 Å². The average Bonchev–Trinajstić information content (AvgIpc) is 3.10. The molecule has 8 heteroatoms. The molecular weight excluding hydrogens is 346 g/mol. The number of carbonyl (C=O) groups excluding carboxylic acids is 1. The Kier molecular flexibility index (Phi) is 4.85. The van der Waals surface area contributed by atoms with Crippen molar-refractivity contribution >= 4 is 23.3 Å². The normalized spacial score (nSPS) is 10.5. The number of hydrogen-bond donors (Lipinski definition) is 1. The average molecular weight is 360 g/mol. The number of methoxy groups -OCH3 is 1. The highest BCUT2D eigenvalue weighted by Crippen LogP contribution is 2.27. The molecule has 0 radical (unpaired) electrons. The van der Waals surface area contributed by atoms with Gasteiger partial charge in [0.1, 0.15) is 5.75 Å². The number of ether oxygens (including phenoxy) is 2. The fourth-order valence-electron chi connectivity index (χ4n) is 2.13. The summed E-state index contributed by atoms with van der Waals surface area (Å²) in [5.74, 6) is 0.555. The topological polar surface area (TPSA) is 100 Å². The van der Waals surface area contributed by atoms with E-state index in [4.69, 9.17) is 31.3 Å². The first-order valence-electron chi connectivity index (χ1n) is 7.26. The zero-order chi connectivity index (χ0) is 17.8. The molecule has 0 atom stereocenters. The standard InChI is InChI=1S/C17H14ClN3O4/c1-23-14-5-3-2-4-11(14)16-20-15(25-21-16)9-24-17(22)10-6-7-12(18)13(19)8-10/h2-8H,9,19H2,1H3. The van der Waals surface area contributed by atoms with Gasteiger partial charge >= 0.3 is 5.97 Å². The molecule has 3 aromatic rings. The van der Waals surface area contributed by atoms with Crippen LogP contribution in [0.4, 0.5) is 5.69 Å². The minimum Gasteiger partial charge on any atom is -0.496 e. The van der Waals surface area contributed by atoms with Crippen molar-refractivity contribution in [1.29, 1.82) is 0 Å². The van der Waals surface area contributed by atoms with Crippen LogP contribution in [0.5, 0.6) is 5.75 Å². The molecule has 3 rings (SSSR count). The first-order chi connectivity index (χ1) is 12.1. The number of aromatic nitrogens is 2. The van der Waals surface area contributed by atoms with Crippen molar-refractivity contribution in [2.45, 2.75) is 6.61 Å². The Morgan fingerprint density at radius 1 is 1.28 bits per heavy atom. The van der Waals surface area contributed by atoms with E-state index in [0.717, 1.165) is 0 Å². The van der Waals surface area contributed by atoms with Gasteiger partial charge in [-0.25, -0.2) is 4.79 Å². The van der Waals surface area contributed by atoms with Crippen LogP contribution in [0.25, 0.3) is 11.4 Å². The van der Waals surface area contributed by atoms with E-state index in [9.17, 15) is 4.79 Å². The maximum Gasteiger partial charge on any atom is 0.338 e. The number of anilines is 1. The molecule has 2 aromatic carbocycles. The van der Waals surface area contributed by atoms with Crippen LogP contribution in [0, 0.1) is 0 Å². The third-order valence-electron chi connectivity index (χ3n) is 3.37. The maximum atomic E-state index is 12.0. The molecule has 0 saturated heterocycles. The van der Waals surface area contributed by atoms with Crippen LogP contribution in [-0.4, -0.2) is 23.2 Å². The highest BCUT2D eigenvalue weighted by molar-refractivity contribution is 6.33. The van der Waals surface area contributed by atoms with Gasteiger partial charge < -0.3 is 19.7 Å². The Bertz CT molecular complexity index is 910. The van der Waals surface area contributed by atoms with E-state index in [1.807, 2.05) is 12.1 Å². The molecule has 0 bridgehead atoms. The molecule has 0 spiro atoms. The second-order valence-electron chi connectivity index (χ2n) is 5.02. The van der Waals surface area contributed by atoms with Crippen LogP contribution in [0.15, 0.2) is 47.0 Å². The summed E-state index contributed by atoms with van der Waals surface area (Å²) in [5, 5.41) is 4.25. The van der Waals surface area contributed by atoms with Gasteiger partial charge in [-0.05, 0) is 30.3 Å². The number of halogens is 1. The van der Waals surface area contributed by atoms with Crippen LogP contribution in [0.3, 0.4) is 0 Å². The number of benzene rings is 2. The Hall–Kier alpha value is -3.06. The minimum absolute atomic E-state index is 0.163. The van der Waals surface area contributed by atoms with Gasteiger partial charge in [0.15, 0.2) is 6.61 Å². The number of hydrogen-bond acceptors (Lipinski definition) is 7. The summed E-state index contributed by atoms with van der Waals surface area (Å²) in [6.07, 6.45) is 0. The van der Waals surface area contributed by atoms with E-state index in [-0.39, 0.29) is 18.1 Å². The molecule has 2 N–H and O–H groups in total. The van der Waals surface area contributed by atoms with Crippen molar-refractivity contribution < 1.29 is 18.8 Å². The van der Waals surface area contributed by atoms with Crippen molar-refractivity contribution in [3.63, 3.8) is 0 Å². The molecule has 7 nitrogen and oxygen atoms in total. The van der Waals surface area contributed by atoms with Crippen molar-refractivity contribution in [3.05, 3.63) is 58.9 Å². The molecule has 1 aromatic heterocycles. The van der Waals surface area contributed by atoms with Gasteiger partial charge in [0, 0.05) is 0 Å². The van der Waals surface area contributed by atoms with Crippen LogP contribution in [0.1, 0.15) is 16.2 Å². The summed E-state index contributed by atoms with van der Waals surface area (Å²) in [6, 6.07) is 11.8. The summed E-state index contributed by atoms with van der Waals surface area (Å²) >= 11 is 5.82. The second kappa shape index (κ2) is 7.23. The monoisotopic (exact) mass is 359 g/mol. The highest BCUT2D eigenvalue weighted by Gasteiger charge is 2.15. The van der Waals surface area contributed by atoms with Gasteiger partial charge in [-0.1, -0.05) is 28.9 Å². The van der Waals surface area contributed by atoms with E-state index in [2.05, 4.69) is 10.1 Å². The summed E-state index contributed by atoms with van der Waals surface area (Å²) < 4.78 is 15.5. The number of carbonyl (C=O) groups is 1. The minimum atomic E-state index is -0.569. The summed E-state index contributed by atoms with van der Waals surface area (Å²) in [7, 11) is 1.55. The number of esters is 1. The number of nitrogens with two attached hydrogens (primary N) is 1. The summed E-state index contributed by atoms with van der Waals surface area (Å²) in [5.41, 5.74) is 6.93.